The summed E-state index contributed by atoms with van der Waals surface area (Å²) in [7, 11) is 0. The van der Waals surface area contributed by atoms with Crippen LogP contribution >= 0.6 is 11.3 Å². The maximum absolute atomic E-state index is 12.2. The van der Waals surface area contributed by atoms with E-state index in [9.17, 15) is 9.59 Å². The molecule has 1 saturated heterocycles. The van der Waals surface area contributed by atoms with Crippen molar-refractivity contribution in [3.63, 3.8) is 0 Å². The summed E-state index contributed by atoms with van der Waals surface area (Å²) in [6.07, 6.45) is 2.73. The molecule has 5 nitrogen and oxygen atoms in total. The van der Waals surface area contributed by atoms with Crippen LogP contribution in [0.15, 0.2) is 11.4 Å². The smallest absolute Gasteiger partial charge is 0.237 e. The van der Waals surface area contributed by atoms with Crippen LogP contribution in [0, 0.1) is 0 Å². The zero-order valence-electron chi connectivity index (χ0n) is 11.4. The van der Waals surface area contributed by atoms with Crippen LogP contribution in [-0.4, -0.2) is 42.4 Å². The number of fused-ring (bicyclic) bond motifs is 1. The van der Waals surface area contributed by atoms with Gasteiger partial charge in [0.25, 0.3) is 0 Å². The summed E-state index contributed by atoms with van der Waals surface area (Å²) < 4.78 is 0. The van der Waals surface area contributed by atoms with Gasteiger partial charge in [-0.1, -0.05) is 0 Å². The molecule has 0 saturated carbocycles. The molecule has 1 unspecified atom stereocenters. The quantitative estimate of drug-likeness (QED) is 0.853. The summed E-state index contributed by atoms with van der Waals surface area (Å²) in [5, 5.41) is 7.99. The predicted molar refractivity (Wildman–Crippen MR) is 77.5 cm³/mol. The first-order valence-electron chi connectivity index (χ1n) is 7.08. The van der Waals surface area contributed by atoms with Crippen molar-refractivity contribution in [2.45, 2.75) is 31.8 Å². The van der Waals surface area contributed by atoms with Crippen molar-refractivity contribution in [3.05, 3.63) is 21.9 Å². The molecule has 1 fully saturated rings. The van der Waals surface area contributed by atoms with Crippen molar-refractivity contribution in [2.24, 2.45) is 0 Å². The van der Waals surface area contributed by atoms with Crippen LogP contribution in [0.25, 0.3) is 0 Å². The second-order valence-corrected chi connectivity index (χ2v) is 6.30. The molecule has 1 aromatic heterocycles. The highest BCUT2D eigenvalue weighted by atomic mass is 32.1. The van der Waals surface area contributed by atoms with Crippen LogP contribution in [0.1, 0.15) is 23.3 Å². The summed E-state index contributed by atoms with van der Waals surface area (Å²) in [6, 6.07) is 1.88. The van der Waals surface area contributed by atoms with E-state index in [2.05, 4.69) is 22.1 Å². The number of piperidine rings is 1. The average molecular weight is 293 g/mol. The molecule has 2 N–H and O–H groups in total. The van der Waals surface area contributed by atoms with Gasteiger partial charge in [0.15, 0.2) is 0 Å². The van der Waals surface area contributed by atoms with Gasteiger partial charge in [-0.3, -0.25) is 14.9 Å². The minimum atomic E-state index is -0.214. The molecule has 2 aliphatic heterocycles. The van der Waals surface area contributed by atoms with Crippen molar-refractivity contribution in [1.82, 2.24) is 15.5 Å². The van der Waals surface area contributed by atoms with Crippen molar-refractivity contribution < 1.29 is 9.59 Å². The highest BCUT2D eigenvalue weighted by molar-refractivity contribution is 7.10. The lowest BCUT2D eigenvalue weighted by Gasteiger charge is -2.28. The first-order valence-corrected chi connectivity index (χ1v) is 7.96. The number of thiophene rings is 1. The van der Waals surface area contributed by atoms with E-state index in [-0.39, 0.29) is 24.4 Å². The van der Waals surface area contributed by atoms with Crippen molar-refractivity contribution in [1.29, 1.82) is 0 Å². The molecular formula is C14H19N3O2S. The van der Waals surface area contributed by atoms with E-state index in [1.54, 1.807) is 11.3 Å². The van der Waals surface area contributed by atoms with Crippen LogP contribution in [0.4, 0.5) is 0 Å². The summed E-state index contributed by atoms with van der Waals surface area (Å²) in [4.78, 5) is 27.1. The molecular weight excluding hydrogens is 274 g/mol. The molecule has 108 valence electrons. The Kier molecular flexibility index (Phi) is 4.03. The van der Waals surface area contributed by atoms with E-state index >= 15 is 0 Å². The molecule has 2 aliphatic rings. The fourth-order valence-corrected chi connectivity index (χ4v) is 3.64. The average Bonchev–Trinajstić information content (AvgIpc) is 2.93. The van der Waals surface area contributed by atoms with Crippen LogP contribution < -0.4 is 10.6 Å². The standard InChI is InChI=1S/C14H19N3O2S/c18-13(8-16-11-2-1-5-15-14(11)19)17-6-3-12-10(9-17)4-7-20-12/h4,7,11,16H,1-3,5-6,8-9H2,(H,15,19). The highest BCUT2D eigenvalue weighted by Crippen LogP contribution is 2.23. The number of amides is 2. The fourth-order valence-electron chi connectivity index (χ4n) is 2.75. The first-order chi connectivity index (χ1) is 9.74. The maximum atomic E-state index is 12.2. The zero-order valence-corrected chi connectivity index (χ0v) is 12.2. The van der Waals surface area contributed by atoms with Gasteiger partial charge in [-0.15, -0.1) is 11.3 Å². The third-order valence-electron chi connectivity index (χ3n) is 3.95. The van der Waals surface area contributed by atoms with E-state index in [1.165, 1.54) is 10.4 Å². The number of hydrogen-bond donors (Lipinski definition) is 2. The SMILES string of the molecule is O=C1NCCCC1NCC(=O)N1CCc2sccc2C1. The van der Waals surface area contributed by atoms with E-state index in [0.717, 1.165) is 32.4 Å². The zero-order chi connectivity index (χ0) is 13.9. The van der Waals surface area contributed by atoms with Gasteiger partial charge in [-0.05, 0) is 36.3 Å². The highest BCUT2D eigenvalue weighted by Gasteiger charge is 2.25. The second kappa shape index (κ2) is 5.93. The van der Waals surface area contributed by atoms with Gasteiger partial charge < -0.3 is 10.2 Å². The van der Waals surface area contributed by atoms with Crippen molar-refractivity contribution >= 4 is 23.2 Å². The summed E-state index contributed by atoms with van der Waals surface area (Å²) in [5.74, 6) is 0.100. The number of hydrogen-bond acceptors (Lipinski definition) is 4. The predicted octanol–water partition coefficient (Wildman–Crippen LogP) is 0.501. The molecule has 0 aromatic carbocycles. The van der Waals surface area contributed by atoms with E-state index in [0.29, 0.717) is 6.54 Å². The molecule has 3 heterocycles. The van der Waals surface area contributed by atoms with Crippen LogP contribution in [0.3, 0.4) is 0 Å². The summed E-state index contributed by atoms with van der Waals surface area (Å²) >= 11 is 1.77. The summed E-state index contributed by atoms with van der Waals surface area (Å²) in [6.45, 7) is 2.48. The maximum Gasteiger partial charge on any atom is 0.237 e. The number of nitrogens with zero attached hydrogens (tertiary/aromatic N) is 1. The van der Waals surface area contributed by atoms with Crippen LogP contribution in [0.5, 0.6) is 0 Å². The molecule has 2 amide bonds. The largest absolute Gasteiger partial charge is 0.355 e. The lowest BCUT2D eigenvalue weighted by molar-refractivity contribution is -0.131. The molecule has 1 aromatic rings. The summed E-state index contributed by atoms with van der Waals surface area (Å²) in [5.41, 5.74) is 1.27. The van der Waals surface area contributed by atoms with Crippen LogP contribution in [-0.2, 0) is 22.6 Å². The number of rotatable bonds is 3. The molecule has 0 aliphatic carbocycles. The third kappa shape index (κ3) is 2.86. The molecule has 3 rings (SSSR count). The Morgan fingerprint density at radius 1 is 1.55 bits per heavy atom. The Balaban J connectivity index is 1.51. The Bertz CT molecular complexity index is 514. The van der Waals surface area contributed by atoms with Gasteiger partial charge in [0.05, 0.1) is 12.6 Å². The third-order valence-corrected chi connectivity index (χ3v) is 4.97. The minimum absolute atomic E-state index is 0.0165. The number of nitrogens with one attached hydrogen (secondary N) is 2. The van der Waals surface area contributed by atoms with E-state index in [4.69, 9.17) is 0 Å². The molecule has 0 spiro atoms. The number of carbonyl (C=O) groups is 2. The topological polar surface area (TPSA) is 61.4 Å². The second-order valence-electron chi connectivity index (χ2n) is 5.30. The van der Waals surface area contributed by atoms with Gasteiger partial charge in [-0.2, -0.15) is 0 Å². The Labute approximate surface area is 122 Å². The molecule has 0 radical (unpaired) electrons. The molecule has 1 atom stereocenters. The lowest BCUT2D eigenvalue weighted by Crippen LogP contribution is -2.51. The molecule has 20 heavy (non-hydrogen) atoms. The van der Waals surface area contributed by atoms with Gasteiger partial charge in [-0.25, -0.2) is 0 Å². The Morgan fingerprint density at radius 3 is 3.30 bits per heavy atom. The van der Waals surface area contributed by atoms with E-state index < -0.39 is 0 Å². The van der Waals surface area contributed by atoms with Gasteiger partial charge in [0, 0.05) is 24.5 Å². The van der Waals surface area contributed by atoms with Crippen LogP contribution in [0.2, 0.25) is 0 Å². The van der Waals surface area contributed by atoms with Gasteiger partial charge in [0.1, 0.15) is 0 Å². The number of carbonyl (C=O) groups excluding carboxylic acids is 2. The van der Waals surface area contributed by atoms with Gasteiger partial charge >= 0.3 is 0 Å². The lowest BCUT2D eigenvalue weighted by atomic mass is 10.1. The fraction of sp³-hybridized carbons (Fsp3) is 0.571. The Hall–Kier alpha value is -1.40. The molecule has 6 heteroatoms. The monoisotopic (exact) mass is 293 g/mol. The Morgan fingerprint density at radius 2 is 2.45 bits per heavy atom. The van der Waals surface area contributed by atoms with E-state index in [1.807, 2.05) is 4.90 Å². The minimum Gasteiger partial charge on any atom is -0.355 e. The van der Waals surface area contributed by atoms with Crippen molar-refractivity contribution in [3.8, 4) is 0 Å². The van der Waals surface area contributed by atoms with Gasteiger partial charge in [0.2, 0.25) is 11.8 Å². The van der Waals surface area contributed by atoms with Crippen molar-refractivity contribution in [2.75, 3.05) is 19.6 Å². The normalized spacial score (nSPS) is 22.3. The molecule has 0 bridgehead atoms. The first kappa shape index (κ1) is 13.6.